The van der Waals surface area contributed by atoms with E-state index in [0.29, 0.717) is 36.2 Å². The number of hydrogen-bond donors (Lipinski definition) is 3. The monoisotopic (exact) mass is 388 g/mol. The van der Waals surface area contributed by atoms with Crippen LogP contribution in [0.4, 0.5) is 4.79 Å². The largest absolute Gasteiger partial charge is 0.491 e. The Morgan fingerprint density at radius 2 is 1.86 bits per heavy atom. The van der Waals surface area contributed by atoms with Crippen LogP contribution in [0.5, 0.6) is 5.75 Å². The van der Waals surface area contributed by atoms with E-state index in [1.54, 1.807) is 24.3 Å². The normalized spacial score (nSPS) is 23.6. The number of ether oxygens (including phenoxy) is 1. The van der Waals surface area contributed by atoms with Gasteiger partial charge in [-0.05, 0) is 42.5 Å². The number of rotatable bonds is 8. The number of likely N-dealkylation sites (tertiary alicyclic amines) is 2. The highest BCUT2D eigenvalue weighted by Crippen LogP contribution is 2.28. The number of amides is 1. The maximum absolute atomic E-state index is 10.6. The maximum atomic E-state index is 10.6. The van der Waals surface area contributed by atoms with Gasteiger partial charge in [-0.3, -0.25) is 4.90 Å². The van der Waals surface area contributed by atoms with Crippen molar-refractivity contribution in [2.45, 2.75) is 12.5 Å². The van der Waals surface area contributed by atoms with Crippen LogP contribution in [-0.4, -0.2) is 84.6 Å². The molecule has 0 spiro atoms. The highest BCUT2D eigenvalue weighted by Gasteiger charge is 2.34. The van der Waals surface area contributed by atoms with Crippen molar-refractivity contribution in [3.05, 3.63) is 29.8 Å². The fourth-order valence-electron chi connectivity index (χ4n) is 4.32. The van der Waals surface area contributed by atoms with Crippen LogP contribution in [0.25, 0.3) is 0 Å². The van der Waals surface area contributed by atoms with Gasteiger partial charge in [0, 0.05) is 45.8 Å². The van der Waals surface area contributed by atoms with Gasteiger partial charge >= 0.3 is 6.09 Å². The van der Waals surface area contributed by atoms with Gasteiger partial charge in [0.15, 0.2) is 0 Å². The zero-order valence-corrected chi connectivity index (χ0v) is 16.0. The predicted octanol–water partition coefficient (Wildman–Crippen LogP) is 0.819. The standard InChI is InChI=1S/C20H28N4O4/c21-8-15-1-3-19(4-2-15)28-14-18(25)13-24-11-16-7-17(12-24)10-23(9-16)6-5-22-20(26)27/h1-4,16-18,22,25H,5-7,9-14H2,(H,26,27). The van der Waals surface area contributed by atoms with Gasteiger partial charge in [-0.1, -0.05) is 0 Å². The number of nitrogens with zero attached hydrogens (tertiary/aromatic N) is 3. The summed E-state index contributed by atoms with van der Waals surface area (Å²) in [5.74, 6) is 1.77. The number of piperidine rings is 2. The molecule has 3 rings (SSSR count). The Balaban J connectivity index is 1.39. The minimum Gasteiger partial charge on any atom is -0.491 e. The first-order valence-electron chi connectivity index (χ1n) is 9.74. The van der Waals surface area contributed by atoms with Crippen LogP contribution >= 0.6 is 0 Å². The molecule has 1 aromatic carbocycles. The van der Waals surface area contributed by atoms with E-state index in [9.17, 15) is 9.90 Å². The molecule has 2 fully saturated rings. The third-order valence-electron chi connectivity index (χ3n) is 5.33. The van der Waals surface area contributed by atoms with Crippen molar-refractivity contribution in [2.75, 3.05) is 52.4 Å². The third-order valence-corrected chi connectivity index (χ3v) is 5.33. The molecular weight excluding hydrogens is 360 g/mol. The van der Waals surface area contributed by atoms with E-state index in [4.69, 9.17) is 15.1 Å². The van der Waals surface area contributed by atoms with Crippen molar-refractivity contribution >= 4 is 6.09 Å². The molecule has 0 aliphatic carbocycles. The van der Waals surface area contributed by atoms with Crippen LogP contribution in [0.3, 0.4) is 0 Å². The zero-order valence-electron chi connectivity index (χ0n) is 16.0. The molecule has 0 aromatic heterocycles. The molecule has 3 N–H and O–H groups in total. The van der Waals surface area contributed by atoms with E-state index in [1.165, 1.54) is 6.42 Å². The lowest BCUT2D eigenvalue weighted by Gasteiger charge is -2.46. The van der Waals surface area contributed by atoms with E-state index in [0.717, 1.165) is 32.7 Å². The van der Waals surface area contributed by atoms with Crippen LogP contribution in [0.1, 0.15) is 12.0 Å². The Morgan fingerprint density at radius 1 is 1.21 bits per heavy atom. The molecule has 0 radical (unpaired) electrons. The lowest BCUT2D eigenvalue weighted by atomic mass is 9.84. The number of carbonyl (C=O) groups is 1. The van der Waals surface area contributed by atoms with Crippen molar-refractivity contribution in [1.82, 2.24) is 15.1 Å². The number of nitrogens with one attached hydrogen (secondary N) is 1. The average Bonchev–Trinajstić information content (AvgIpc) is 2.66. The van der Waals surface area contributed by atoms with Gasteiger partial charge in [0.25, 0.3) is 0 Å². The molecule has 152 valence electrons. The number of nitriles is 1. The number of hydrogen-bond acceptors (Lipinski definition) is 6. The molecule has 2 aliphatic rings. The number of aliphatic hydroxyl groups is 1. The highest BCUT2D eigenvalue weighted by molar-refractivity contribution is 5.64. The Hall–Kier alpha value is -2.34. The van der Waals surface area contributed by atoms with Gasteiger partial charge in [0.05, 0.1) is 11.6 Å². The lowest BCUT2D eigenvalue weighted by Crippen LogP contribution is -2.55. The molecule has 2 bridgehead atoms. The van der Waals surface area contributed by atoms with E-state index in [2.05, 4.69) is 21.2 Å². The summed E-state index contributed by atoms with van der Waals surface area (Å²) in [5, 5.41) is 30.3. The molecular formula is C20H28N4O4. The minimum atomic E-state index is -0.972. The second kappa shape index (κ2) is 9.73. The number of fused-ring (bicyclic) bond motifs is 2. The molecule has 0 saturated carbocycles. The van der Waals surface area contributed by atoms with Crippen molar-refractivity contribution in [1.29, 1.82) is 5.26 Å². The van der Waals surface area contributed by atoms with Crippen LogP contribution in [0.2, 0.25) is 0 Å². The molecule has 1 amide bonds. The van der Waals surface area contributed by atoms with Crippen molar-refractivity contribution in [3.8, 4) is 11.8 Å². The lowest BCUT2D eigenvalue weighted by molar-refractivity contribution is 0.000547. The quantitative estimate of drug-likeness (QED) is 0.605. The van der Waals surface area contributed by atoms with Crippen molar-refractivity contribution in [3.63, 3.8) is 0 Å². The summed E-state index contributed by atoms with van der Waals surface area (Å²) in [4.78, 5) is 15.2. The molecule has 2 aliphatic heterocycles. The summed E-state index contributed by atoms with van der Waals surface area (Å²) in [6.07, 6.45) is -0.331. The summed E-state index contributed by atoms with van der Waals surface area (Å²) in [7, 11) is 0. The number of carboxylic acid groups (broad SMARTS) is 1. The highest BCUT2D eigenvalue weighted by atomic mass is 16.5. The molecule has 3 atom stereocenters. The Kier molecular flexibility index (Phi) is 7.09. The summed E-state index contributed by atoms with van der Waals surface area (Å²) < 4.78 is 5.63. The van der Waals surface area contributed by atoms with Crippen LogP contribution in [0.15, 0.2) is 24.3 Å². The van der Waals surface area contributed by atoms with Gasteiger partial charge in [0.2, 0.25) is 0 Å². The van der Waals surface area contributed by atoms with Crippen LogP contribution < -0.4 is 10.1 Å². The molecule has 8 nitrogen and oxygen atoms in total. The Morgan fingerprint density at radius 3 is 2.46 bits per heavy atom. The van der Waals surface area contributed by atoms with Crippen LogP contribution in [0, 0.1) is 23.2 Å². The van der Waals surface area contributed by atoms with Crippen molar-refractivity contribution < 1.29 is 19.7 Å². The zero-order chi connectivity index (χ0) is 19.9. The maximum Gasteiger partial charge on any atom is 0.404 e. The smallest absolute Gasteiger partial charge is 0.404 e. The van der Waals surface area contributed by atoms with E-state index >= 15 is 0 Å². The van der Waals surface area contributed by atoms with Crippen LogP contribution in [-0.2, 0) is 0 Å². The van der Waals surface area contributed by atoms with E-state index in [-0.39, 0.29) is 6.61 Å². The molecule has 28 heavy (non-hydrogen) atoms. The Bertz CT molecular complexity index is 676. The molecule has 1 aromatic rings. The van der Waals surface area contributed by atoms with Gasteiger partial charge in [-0.15, -0.1) is 0 Å². The average molecular weight is 388 g/mol. The molecule has 8 heteroatoms. The SMILES string of the molecule is N#Cc1ccc(OCC(O)CN2CC3CC(CN(CCNC(=O)O)C3)C2)cc1. The first kappa shape index (κ1) is 20.4. The van der Waals surface area contributed by atoms with Gasteiger partial charge < -0.3 is 25.2 Å². The molecule has 2 saturated heterocycles. The van der Waals surface area contributed by atoms with Gasteiger partial charge in [-0.2, -0.15) is 5.26 Å². The second-order valence-electron chi connectivity index (χ2n) is 7.78. The number of aliphatic hydroxyl groups excluding tert-OH is 1. The van der Waals surface area contributed by atoms with E-state index < -0.39 is 12.2 Å². The first-order valence-corrected chi connectivity index (χ1v) is 9.74. The summed E-state index contributed by atoms with van der Waals surface area (Å²) in [5.41, 5.74) is 0.584. The Labute approximate surface area is 165 Å². The predicted molar refractivity (Wildman–Crippen MR) is 103 cm³/mol. The third kappa shape index (κ3) is 6.09. The summed E-state index contributed by atoms with van der Waals surface area (Å²) >= 11 is 0. The van der Waals surface area contributed by atoms with Crippen molar-refractivity contribution in [2.24, 2.45) is 11.8 Å². The molecule has 2 heterocycles. The number of β-amino-alcohol motifs (C(OH)–C–C–N with tert-alkyl or cyclic N) is 1. The van der Waals surface area contributed by atoms with E-state index in [1.807, 2.05) is 0 Å². The summed E-state index contributed by atoms with van der Waals surface area (Å²) in [6, 6.07) is 8.95. The fourth-order valence-corrected chi connectivity index (χ4v) is 4.32. The first-order chi connectivity index (χ1) is 13.5. The molecule has 3 unspecified atom stereocenters. The van der Waals surface area contributed by atoms with Gasteiger partial charge in [0.1, 0.15) is 18.5 Å². The second-order valence-corrected chi connectivity index (χ2v) is 7.78. The topological polar surface area (TPSA) is 109 Å². The summed E-state index contributed by atoms with van der Waals surface area (Å²) in [6.45, 7) is 5.89. The fraction of sp³-hybridized carbons (Fsp3) is 0.600. The minimum absolute atomic E-state index is 0.227. The number of benzene rings is 1. The van der Waals surface area contributed by atoms with Gasteiger partial charge in [-0.25, -0.2) is 4.79 Å².